The molecule has 0 radical (unpaired) electrons. The number of nitrogens with zero attached hydrogens (tertiary/aromatic N) is 2. The first-order chi connectivity index (χ1) is 11.2. The lowest BCUT2D eigenvalue weighted by molar-refractivity contribution is 0.225. The molecule has 0 aromatic heterocycles. The van der Waals surface area contributed by atoms with Crippen LogP contribution < -0.4 is 0 Å². The van der Waals surface area contributed by atoms with Gasteiger partial charge in [0.05, 0.1) is 6.04 Å². The molecular weight excluding hydrogens is 280 g/mol. The first kappa shape index (κ1) is 17.7. The second-order valence-electron chi connectivity index (χ2n) is 6.36. The Labute approximate surface area is 141 Å². The van der Waals surface area contributed by atoms with E-state index < -0.39 is 0 Å². The van der Waals surface area contributed by atoms with Gasteiger partial charge in [0.1, 0.15) is 0 Å². The highest BCUT2D eigenvalue weighted by Gasteiger charge is 2.18. The van der Waals surface area contributed by atoms with Crippen LogP contribution in [0.25, 0.3) is 0 Å². The van der Waals surface area contributed by atoms with Crippen molar-refractivity contribution >= 4 is 0 Å². The van der Waals surface area contributed by atoms with Crippen molar-refractivity contribution in [1.82, 2.24) is 9.80 Å². The monoisotopic (exact) mass is 310 g/mol. The summed E-state index contributed by atoms with van der Waals surface area (Å²) in [4.78, 5) is 4.90. The smallest absolute Gasteiger partial charge is 0.0599 e. The van der Waals surface area contributed by atoms with Crippen LogP contribution in [0.3, 0.4) is 0 Å². The standard InChI is InChI=1S/C21H30N2/c1-4-5-16-22(2)17-18-23(3)21(19-12-8-6-9-13-19)20-14-10-7-11-15-20/h6-15,21H,4-5,16-18H2,1-3H3. The van der Waals surface area contributed by atoms with Crippen molar-refractivity contribution in [3.8, 4) is 0 Å². The summed E-state index contributed by atoms with van der Waals surface area (Å²) in [7, 11) is 4.46. The molecule has 2 aromatic rings. The molecule has 124 valence electrons. The second-order valence-corrected chi connectivity index (χ2v) is 6.36. The van der Waals surface area contributed by atoms with E-state index in [1.807, 2.05) is 0 Å². The van der Waals surface area contributed by atoms with Gasteiger partial charge in [0.15, 0.2) is 0 Å². The zero-order valence-corrected chi connectivity index (χ0v) is 14.8. The SMILES string of the molecule is CCCCN(C)CCN(C)C(c1ccccc1)c1ccccc1. The van der Waals surface area contributed by atoms with Crippen LogP contribution in [0.2, 0.25) is 0 Å². The molecule has 2 aromatic carbocycles. The lowest BCUT2D eigenvalue weighted by Gasteiger charge is -2.30. The van der Waals surface area contributed by atoms with Crippen LogP contribution in [-0.2, 0) is 0 Å². The van der Waals surface area contributed by atoms with E-state index in [1.165, 1.54) is 30.5 Å². The molecule has 0 aliphatic rings. The molecule has 0 N–H and O–H groups in total. The van der Waals surface area contributed by atoms with Crippen molar-refractivity contribution in [3.63, 3.8) is 0 Å². The lowest BCUT2D eigenvalue weighted by Crippen LogP contribution is -2.34. The molecule has 0 saturated carbocycles. The van der Waals surface area contributed by atoms with E-state index in [0.29, 0.717) is 6.04 Å². The van der Waals surface area contributed by atoms with Crippen LogP contribution in [0.5, 0.6) is 0 Å². The van der Waals surface area contributed by atoms with Crippen molar-refractivity contribution in [2.45, 2.75) is 25.8 Å². The van der Waals surface area contributed by atoms with Crippen LogP contribution >= 0.6 is 0 Å². The lowest BCUT2D eigenvalue weighted by atomic mass is 9.97. The Morgan fingerprint density at radius 2 is 1.26 bits per heavy atom. The molecule has 0 unspecified atom stereocenters. The van der Waals surface area contributed by atoms with Gasteiger partial charge < -0.3 is 4.90 Å². The molecule has 2 heteroatoms. The molecule has 23 heavy (non-hydrogen) atoms. The molecule has 0 spiro atoms. The van der Waals surface area contributed by atoms with Crippen LogP contribution in [0.1, 0.15) is 36.9 Å². The van der Waals surface area contributed by atoms with Crippen molar-refractivity contribution in [3.05, 3.63) is 71.8 Å². The number of hydrogen-bond donors (Lipinski definition) is 0. The molecular formula is C21H30N2. The maximum Gasteiger partial charge on any atom is 0.0599 e. The second kappa shape index (κ2) is 9.49. The van der Waals surface area contributed by atoms with Crippen molar-refractivity contribution in [2.24, 2.45) is 0 Å². The Bertz CT molecular complexity index is 499. The molecule has 0 amide bonds. The van der Waals surface area contributed by atoms with Crippen LogP contribution in [-0.4, -0.2) is 43.5 Å². The van der Waals surface area contributed by atoms with Gasteiger partial charge >= 0.3 is 0 Å². The highest BCUT2D eigenvalue weighted by Crippen LogP contribution is 2.27. The number of likely N-dealkylation sites (N-methyl/N-ethyl adjacent to an activating group) is 2. The predicted octanol–water partition coefficient (Wildman–Crippen LogP) is 4.44. The van der Waals surface area contributed by atoms with Crippen molar-refractivity contribution in [1.29, 1.82) is 0 Å². The molecule has 0 aliphatic heterocycles. The van der Waals surface area contributed by atoms with Crippen LogP contribution in [0.15, 0.2) is 60.7 Å². The van der Waals surface area contributed by atoms with E-state index in [9.17, 15) is 0 Å². The van der Waals surface area contributed by atoms with E-state index in [-0.39, 0.29) is 0 Å². The molecule has 0 bridgehead atoms. The summed E-state index contributed by atoms with van der Waals surface area (Å²) in [6.07, 6.45) is 2.54. The van der Waals surface area contributed by atoms with E-state index in [4.69, 9.17) is 0 Å². The maximum atomic E-state index is 2.47. The zero-order valence-electron chi connectivity index (χ0n) is 14.8. The first-order valence-electron chi connectivity index (χ1n) is 8.71. The fourth-order valence-corrected chi connectivity index (χ4v) is 2.97. The quantitative estimate of drug-likeness (QED) is 0.675. The summed E-state index contributed by atoms with van der Waals surface area (Å²) in [5.41, 5.74) is 2.72. The largest absolute Gasteiger partial charge is 0.305 e. The Hall–Kier alpha value is -1.64. The van der Waals surface area contributed by atoms with E-state index >= 15 is 0 Å². The minimum atomic E-state index is 0.317. The van der Waals surface area contributed by atoms with Crippen molar-refractivity contribution in [2.75, 3.05) is 33.7 Å². The Kier molecular flexibility index (Phi) is 7.31. The normalized spacial score (nSPS) is 11.6. The zero-order chi connectivity index (χ0) is 16.5. The summed E-state index contributed by atoms with van der Waals surface area (Å²) in [5.74, 6) is 0. The van der Waals surface area contributed by atoms with Gasteiger partial charge in [-0.3, -0.25) is 4.90 Å². The van der Waals surface area contributed by atoms with Gasteiger partial charge in [-0.05, 0) is 38.2 Å². The first-order valence-corrected chi connectivity index (χ1v) is 8.71. The molecule has 0 saturated heterocycles. The summed E-state index contributed by atoms with van der Waals surface area (Å²) in [6, 6.07) is 21.9. The highest BCUT2D eigenvalue weighted by atomic mass is 15.2. The van der Waals surface area contributed by atoms with E-state index in [0.717, 1.165) is 13.1 Å². The van der Waals surface area contributed by atoms with Crippen molar-refractivity contribution < 1.29 is 0 Å². The fraction of sp³-hybridized carbons (Fsp3) is 0.429. The molecule has 0 atom stereocenters. The molecule has 0 heterocycles. The Balaban J connectivity index is 2.08. The predicted molar refractivity (Wildman–Crippen MR) is 99.8 cm³/mol. The summed E-state index contributed by atoms with van der Waals surface area (Å²) >= 11 is 0. The van der Waals surface area contributed by atoms with E-state index in [2.05, 4.69) is 91.5 Å². The van der Waals surface area contributed by atoms with Crippen LogP contribution in [0.4, 0.5) is 0 Å². The third-order valence-corrected chi connectivity index (χ3v) is 4.40. The molecule has 2 nitrogen and oxygen atoms in total. The minimum Gasteiger partial charge on any atom is -0.305 e. The van der Waals surface area contributed by atoms with Gasteiger partial charge in [0.25, 0.3) is 0 Å². The van der Waals surface area contributed by atoms with Gasteiger partial charge in [-0.1, -0.05) is 74.0 Å². The maximum absolute atomic E-state index is 2.47. The Morgan fingerprint density at radius 1 is 0.739 bits per heavy atom. The van der Waals surface area contributed by atoms with Gasteiger partial charge in [0, 0.05) is 13.1 Å². The number of unbranched alkanes of at least 4 members (excludes halogenated alkanes) is 1. The summed E-state index contributed by atoms with van der Waals surface area (Å²) in [5, 5.41) is 0. The van der Waals surface area contributed by atoms with Gasteiger partial charge in [-0.25, -0.2) is 0 Å². The topological polar surface area (TPSA) is 6.48 Å². The molecule has 0 aliphatic carbocycles. The van der Waals surface area contributed by atoms with Crippen LogP contribution in [0, 0.1) is 0 Å². The van der Waals surface area contributed by atoms with Gasteiger partial charge in [0.2, 0.25) is 0 Å². The van der Waals surface area contributed by atoms with Gasteiger partial charge in [-0.15, -0.1) is 0 Å². The number of hydrogen-bond acceptors (Lipinski definition) is 2. The number of benzene rings is 2. The highest BCUT2D eigenvalue weighted by molar-refractivity contribution is 5.31. The third-order valence-electron chi connectivity index (χ3n) is 4.40. The average Bonchev–Trinajstić information content (AvgIpc) is 2.60. The summed E-state index contributed by atoms with van der Waals surface area (Å²) in [6.45, 7) is 5.60. The fourth-order valence-electron chi connectivity index (χ4n) is 2.97. The minimum absolute atomic E-state index is 0.317. The van der Waals surface area contributed by atoms with Gasteiger partial charge in [-0.2, -0.15) is 0 Å². The Morgan fingerprint density at radius 3 is 1.74 bits per heavy atom. The third kappa shape index (κ3) is 5.49. The molecule has 0 fully saturated rings. The number of rotatable bonds is 9. The van der Waals surface area contributed by atoms with E-state index in [1.54, 1.807) is 0 Å². The summed E-state index contributed by atoms with van der Waals surface area (Å²) < 4.78 is 0. The average molecular weight is 310 g/mol. The molecule has 2 rings (SSSR count).